The van der Waals surface area contributed by atoms with E-state index in [2.05, 4.69) is 15.0 Å². The SMILES string of the molecule is O=C1CCCCCN1.[C-]#[N+]CCCCC#N.[C-]#[N+]CCCCCN. The Morgan fingerprint density at radius 2 is 1.71 bits per heavy atom. The molecule has 6 heteroatoms. The highest BCUT2D eigenvalue weighted by atomic mass is 16.1. The predicted molar refractivity (Wildman–Crippen MR) is 96.8 cm³/mol. The van der Waals surface area contributed by atoms with Crippen LogP contribution in [0.5, 0.6) is 0 Å². The lowest BCUT2D eigenvalue weighted by molar-refractivity contribution is -0.120. The largest absolute Gasteiger partial charge is 0.356 e. The summed E-state index contributed by atoms with van der Waals surface area (Å²) in [6.45, 7) is 15.7. The van der Waals surface area contributed by atoms with Crippen molar-refractivity contribution in [2.24, 2.45) is 5.73 Å². The minimum absolute atomic E-state index is 0.225. The number of nitrogens with two attached hydrogens (primary N) is 1. The topological polar surface area (TPSA) is 87.6 Å². The van der Waals surface area contributed by atoms with Gasteiger partial charge in [-0.3, -0.25) is 4.79 Å². The van der Waals surface area contributed by atoms with E-state index in [9.17, 15) is 4.79 Å². The third-order valence-electron chi connectivity index (χ3n) is 3.19. The molecule has 0 aromatic rings. The highest BCUT2D eigenvalue weighted by Gasteiger charge is 2.03. The summed E-state index contributed by atoms with van der Waals surface area (Å²) in [4.78, 5) is 16.9. The van der Waals surface area contributed by atoms with Crippen LogP contribution in [0.25, 0.3) is 9.69 Å². The smallest absolute Gasteiger partial charge is 0.219 e. The van der Waals surface area contributed by atoms with Crippen LogP contribution in [-0.4, -0.2) is 32.1 Å². The number of hydrogen-bond acceptors (Lipinski definition) is 3. The molecular weight excluding hydrogens is 302 g/mol. The predicted octanol–water partition coefficient (Wildman–Crippen LogP) is 3.31. The van der Waals surface area contributed by atoms with Crippen molar-refractivity contribution < 1.29 is 4.79 Å². The summed E-state index contributed by atoms with van der Waals surface area (Å²) < 4.78 is 0. The Kier molecular flexibility index (Phi) is 23.3. The fraction of sp³-hybridized carbons (Fsp3) is 0.778. The van der Waals surface area contributed by atoms with E-state index in [0.29, 0.717) is 19.5 Å². The van der Waals surface area contributed by atoms with Crippen LogP contribution < -0.4 is 11.1 Å². The van der Waals surface area contributed by atoms with Gasteiger partial charge in [0.1, 0.15) is 0 Å². The molecule has 1 amide bonds. The number of hydrogen-bond donors (Lipinski definition) is 2. The van der Waals surface area contributed by atoms with E-state index in [1.165, 1.54) is 6.42 Å². The van der Waals surface area contributed by atoms with Crippen LogP contribution in [0, 0.1) is 24.5 Å². The summed E-state index contributed by atoms with van der Waals surface area (Å²) in [6.07, 6.45) is 9.71. The van der Waals surface area contributed by atoms with Crippen molar-refractivity contribution in [1.82, 2.24) is 5.32 Å². The second kappa shape index (κ2) is 23.2. The summed E-state index contributed by atoms with van der Waals surface area (Å²) in [5.41, 5.74) is 5.23. The van der Waals surface area contributed by atoms with Gasteiger partial charge in [0.05, 0.1) is 6.07 Å². The maximum Gasteiger partial charge on any atom is 0.219 e. The lowest BCUT2D eigenvalue weighted by Crippen LogP contribution is -2.21. The number of rotatable bonds is 7. The Balaban J connectivity index is 0. The highest BCUT2D eigenvalue weighted by molar-refractivity contribution is 5.75. The molecule has 1 rings (SSSR count). The quantitative estimate of drug-likeness (QED) is 0.553. The van der Waals surface area contributed by atoms with Crippen molar-refractivity contribution in [2.45, 2.75) is 64.2 Å². The Morgan fingerprint density at radius 1 is 1.04 bits per heavy atom. The minimum atomic E-state index is 0.225. The molecule has 0 saturated carbocycles. The van der Waals surface area contributed by atoms with Gasteiger partial charge in [-0.2, -0.15) is 5.26 Å². The lowest BCUT2D eigenvalue weighted by atomic mass is 10.2. The Bertz CT molecular complexity index is 377. The van der Waals surface area contributed by atoms with Gasteiger partial charge in [0.25, 0.3) is 0 Å². The number of unbranched alkanes of at least 4 members (excludes halogenated alkanes) is 4. The van der Waals surface area contributed by atoms with Crippen LogP contribution in [0.1, 0.15) is 64.2 Å². The second-order valence-electron chi connectivity index (χ2n) is 5.39. The van der Waals surface area contributed by atoms with E-state index in [1.807, 2.05) is 6.07 Å². The third-order valence-corrected chi connectivity index (χ3v) is 3.19. The molecule has 0 bridgehead atoms. The van der Waals surface area contributed by atoms with Crippen molar-refractivity contribution in [1.29, 1.82) is 5.26 Å². The number of nitrogens with zero attached hydrogens (tertiary/aromatic N) is 3. The van der Waals surface area contributed by atoms with Crippen molar-refractivity contribution >= 4 is 5.91 Å². The molecule has 1 aliphatic heterocycles. The normalized spacial score (nSPS) is 12.5. The summed E-state index contributed by atoms with van der Waals surface area (Å²) >= 11 is 0. The average molecular weight is 333 g/mol. The molecule has 1 fully saturated rings. The number of carbonyl (C=O) groups excluding carboxylic acids is 1. The van der Waals surface area contributed by atoms with Crippen LogP contribution in [-0.2, 0) is 4.79 Å². The molecule has 1 saturated heterocycles. The van der Waals surface area contributed by atoms with Crippen molar-refractivity contribution in [2.75, 3.05) is 26.2 Å². The van der Waals surface area contributed by atoms with Gasteiger partial charge in [-0.25, -0.2) is 13.1 Å². The van der Waals surface area contributed by atoms with Gasteiger partial charge in [0.15, 0.2) is 0 Å². The molecule has 0 atom stereocenters. The van der Waals surface area contributed by atoms with E-state index in [4.69, 9.17) is 24.1 Å². The summed E-state index contributed by atoms with van der Waals surface area (Å²) in [6, 6.07) is 2.02. The minimum Gasteiger partial charge on any atom is -0.356 e. The number of amides is 1. The van der Waals surface area contributed by atoms with E-state index in [1.54, 1.807) is 0 Å². The molecule has 1 heterocycles. The fourth-order valence-electron chi connectivity index (χ4n) is 1.81. The van der Waals surface area contributed by atoms with Gasteiger partial charge in [-0.15, -0.1) is 0 Å². The van der Waals surface area contributed by atoms with Gasteiger partial charge in [-0.05, 0) is 38.6 Å². The molecule has 24 heavy (non-hydrogen) atoms. The molecule has 1 aliphatic rings. The van der Waals surface area contributed by atoms with E-state index in [-0.39, 0.29) is 5.91 Å². The maximum atomic E-state index is 10.6. The average Bonchev–Trinajstić information content (AvgIpc) is 2.85. The number of carbonyl (C=O) groups is 1. The summed E-state index contributed by atoms with van der Waals surface area (Å²) in [7, 11) is 0. The van der Waals surface area contributed by atoms with Crippen molar-refractivity contribution in [3.8, 4) is 6.07 Å². The molecule has 0 aromatic heterocycles. The second-order valence-corrected chi connectivity index (χ2v) is 5.39. The molecule has 134 valence electrons. The first kappa shape index (κ1) is 24.2. The Hall–Kier alpha value is -2.10. The fourth-order valence-corrected chi connectivity index (χ4v) is 1.81. The van der Waals surface area contributed by atoms with E-state index in [0.717, 1.165) is 64.5 Å². The lowest BCUT2D eigenvalue weighted by Gasteiger charge is -1.93. The molecule has 0 spiro atoms. The zero-order valence-corrected chi connectivity index (χ0v) is 14.7. The summed E-state index contributed by atoms with van der Waals surface area (Å²) in [5, 5.41) is 10.8. The van der Waals surface area contributed by atoms with Gasteiger partial charge < -0.3 is 20.7 Å². The Labute approximate surface area is 147 Å². The van der Waals surface area contributed by atoms with Gasteiger partial charge in [-0.1, -0.05) is 6.42 Å². The molecule has 0 unspecified atom stereocenters. The first-order valence-corrected chi connectivity index (χ1v) is 8.73. The number of nitrogens with one attached hydrogen (secondary N) is 1. The van der Waals surface area contributed by atoms with Crippen LogP contribution >= 0.6 is 0 Å². The highest BCUT2D eigenvalue weighted by Crippen LogP contribution is 2.02. The van der Waals surface area contributed by atoms with E-state index >= 15 is 0 Å². The molecular formula is C18H31N5O. The van der Waals surface area contributed by atoms with Gasteiger partial charge >= 0.3 is 0 Å². The first-order valence-electron chi connectivity index (χ1n) is 8.73. The molecule has 3 N–H and O–H groups in total. The molecule has 0 radical (unpaired) electrons. The number of nitriles is 1. The molecule has 6 nitrogen and oxygen atoms in total. The molecule has 0 aromatic carbocycles. The maximum absolute atomic E-state index is 10.6. The van der Waals surface area contributed by atoms with Crippen LogP contribution in [0.3, 0.4) is 0 Å². The Morgan fingerprint density at radius 3 is 2.29 bits per heavy atom. The van der Waals surface area contributed by atoms with Crippen molar-refractivity contribution in [3.63, 3.8) is 0 Å². The van der Waals surface area contributed by atoms with E-state index < -0.39 is 0 Å². The zero-order chi connectivity index (χ0) is 18.3. The van der Waals surface area contributed by atoms with Crippen molar-refractivity contribution in [3.05, 3.63) is 22.8 Å². The van der Waals surface area contributed by atoms with Gasteiger partial charge in [0.2, 0.25) is 19.0 Å². The standard InChI is InChI=1S/C6H12N2.C6H8N2.C6H11NO/c2*1-8-6-4-2-3-5-7;8-6-4-2-1-3-5-7-6/h2-7H2;2-4,6H2;1-5H2,(H,7,8). The zero-order valence-electron chi connectivity index (χ0n) is 14.7. The summed E-state index contributed by atoms with van der Waals surface area (Å²) in [5.74, 6) is 0.225. The first-order chi connectivity index (χ1) is 11.7. The third kappa shape index (κ3) is 24.9. The monoisotopic (exact) mass is 333 g/mol. The van der Waals surface area contributed by atoms with Crippen LogP contribution in [0.2, 0.25) is 0 Å². The van der Waals surface area contributed by atoms with Gasteiger partial charge in [0, 0.05) is 32.2 Å². The van der Waals surface area contributed by atoms with Crippen LogP contribution in [0.15, 0.2) is 0 Å². The molecule has 0 aliphatic carbocycles. The van der Waals surface area contributed by atoms with Crippen LogP contribution in [0.4, 0.5) is 0 Å².